The summed E-state index contributed by atoms with van der Waals surface area (Å²) in [4.78, 5) is 4.46. The van der Waals surface area contributed by atoms with Gasteiger partial charge in [-0.2, -0.15) is 0 Å². The Morgan fingerprint density at radius 1 is 1.33 bits per heavy atom. The Hall–Kier alpha value is -1.51. The molecule has 0 spiro atoms. The number of aromatic nitrogens is 2. The standard InChI is InChI=1S/C15H23N3/c1-10(2)15(4,5)9-18-13-7-6-11(3)8-12(13)17-14(18)16/h6-8,10H,9H2,1-5H3,(H2,16,17). The highest BCUT2D eigenvalue weighted by Crippen LogP contribution is 2.31. The van der Waals surface area contributed by atoms with Crippen LogP contribution in [0.5, 0.6) is 0 Å². The molecular weight excluding hydrogens is 222 g/mol. The van der Waals surface area contributed by atoms with Crippen molar-refractivity contribution in [1.82, 2.24) is 9.55 Å². The number of benzene rings is 1. The van der Waals surface area contributed by atoms with Gasteiger partial charge in [-0.1, -0.05) is 33.8 Å². The second kappa shape index (κ2) is 4.30. The van der Waals surface area contributed by atoms with Crippen molar-refractivity contribution in [3.63, 3.8) is 0 Å². The van der Waals surface area contributed by atoms with Gasteiger partial charge in [0.1, 0.15) is 0 Å². The minimum Gasteiger partial charge on any atom is -0.369 e. The zero-order valence-electron chi connectivity index (χ0n) is 12.0. The van der Waals surface area contributed by atoms with Crippen LogP contribution in [0.4, 0.5) is 5.95 Å². The summed E-state index contributed by atoms with van der Waals surface area (Å²) in [6.07, 6.45) is 0. The lowest BCUT2D eigenvalue weighted by Gasteiger charge is -2.30. The van der Waals surface area contributed by atoms with Crippen LogP contribution in [0.1, 0.15) is 33.3 Å². The molecule has 3 nitrogen and oxygen atoms in total. The maximum atomic E-state index is 6.06. The van der Waals surface area contributed by atoms with Crippen molar-refractivity contribution in [2.45, 2.75) is 41.2 Å². The molecule has 1 heterocycles. The van der Waals surface area contributed by atoms with E-state index in [1.807, 2.05) is 0 Å². The number of imidazole rings is 1. The predicted octanol–water partition coefficient (Wildman–Crippen LogP) is 3.61. The second-order valence-electron chi connectivity index (χ2n) is 6.19. The third kappa shape index (κ3) is 2.22. The molecule has 0 aliphatic heterocycles. The van der Waals surface area contributed by atoms with E-state index < -0.39 is 0 Å². The molecule has 0 atom stereocenters. The number of hydrogen-bond donors (Lipinski definition) is 1. The van der Waals surface area contributed by atoms with Crippen molar-refractivity contribution >= 4 is 17.0 Å². The van der Waals surface area contributed by atoms with Crippen LogP contribution < -0.4 is 5.73 Å². The van der Waals surface area contributed by atoms with Gasteiger partial charge in [0.25, 0.3) is 0 Å². The van der Waals surface area contributed by atoms with Crippen molar-refractivity contribution in [2.75, 3.05) is 5.73 Å². The summed E-state index contributed by atoms with van der Waals surface area (Å²) in [5, 5.41) is 0. The van der Waals surface area contributed by atoms with Gasteiger partial charge in [-0.3, -0.25) is 0 Å². The monoisotopic (exact) mass is 245 g/mol. The number of nitrogens with two attached hydrogens (primary N) is 1. The minimum atomic E-state index is 0.201. The summed E-state index contributed by atoms with van der Waals surface area (Å²) in [5.74, 6) is 1.21. The lowest BCUT2D eigenvalue weighted by Crippen LogP contribution is -2.26. The van der Waals surface area contributed by atoms with E-state index in [0.717, 1.165) is 17.6 Å². The third-order valence-electron chi connectivity index (χ3n) is 4.06. The summed E-state index contributed by atoms with van der Waals surface area (Å²) < 4.78 is 2.13. The first-order valence-corrected chi connectivity index (χ1v) is 6.53. The van der Waals surface area contributed by atoms with E-state index in [-0.39, 0.29) is 5.41 Å². The Labute approximate surface area is 109 Å². The fourth-order valence-electron chi connectivity index (χ4n) is 2.01. The van der Waals surface area contributed by atoms with E-state index in [2.05, 4.69) is 62.4 Å². The van der Waals surface area contributed by atoms with E-state index in [0.29, 0.717) is 11.9 Å². The molecule has 18 heavy (non-hydrogen) atoms. The van der Waals surface area contributed by atoms with Crippen molar-refractivity contribution in [2.24, 2.45) is 11.3 Å². The van der Waals surface area contributed by atoms with Gasteiger partial charge in [-0.25, -0.2) is 4.98 Å². The van der Waals surface area contributed by atoms with Gasteiger partial charge in [-0.15, -0.1) is 0 Å². The predicted molar refractivity (Wildman–Crippen MR) is 77.5 cm³/mol. The van der Waals surface area contributed by atoms with Gasteiger partial charge in [0.05, 0.1) is 11.0 Å². The van der Waals surface area contributed by atoms with Crippen LogP contribution in [-0.4, -0.2) is 9.55 Å². The average molecular weight is 245 g/mol. The lowest BCUT2D eigenvalue weighted by molar-refractivity contribution is 0.214. The molecular formula is C15H23N3. The molecule has 0 aliphatic carbocycles. The topological polar surface area (TPSA) is 43.8 Å². The Kier molecular flexibility index (Phi) is 3.09. The molecule has 2 N–H and O–H groups in total. The van der Waals surface area contributed by atoms with E-state index in [4.69, 9.17) is 5.73 Å². The highest BCUT2D eigenvalue weighted by atomic mass is 15.2. The summed E-state index contributed by atoms with van der Waals surface area (Å²) in [6, 6.07) is 6.32. The summed E-state index contributed by atoms with van der Waals surface area (Å²) in [6.45, 7) is 12.0. The van der Waals surface area contributed by atoms with Gasteiger partial charge in [0.15, 0.2) is 0 Å². The lowest BCUT2D eigenvalue weighted by atomic mass is 9.81. The number of nitrogen functional groups attached to an aromatic ring is 1. The molecule has 0 saturated carbocycles. The van der Waals surface area contributed by atoms with Crippen LogP contribution in [0.15, 0.2) is 18.2 Å². The summed E-state index contributed by atoms with van der Waals surface area (Å²) in [5.41, 5.74) is 9.61. The summed E-state index contributed by atoms with van der Waals surface area (Å²) in [7, 11) is 0. The van der Waals surface area contributed by atoms with E-state index in [1.165, 1.54) is 5.56 Å². The first-order chi connectivity index (χ1) is 8.31. The SMILES string of the molecule is Cc1ccc2c(c1)nc(N)n2CC(C)(C)C(C)C. The minimum absolute atomic E-state index is 0.201. The maximum absolute atomic E-state index is 6.06. The fourth-order valence-corrected chi connectivity index (χ4v) is 2.01. The van der Waals surface area contributed by atoms with Gasteiger partial charge in [0.2, 0.25) is 5.95 Å². The Morgan fingerprint density at radius 2 is 2.00 bits per heavy atom. The number of fused-ring (bicyclic) bond motifs is 1. The molecule has 98 valence electrons. The molecule has 0 aliphatic rings. The zero-order valence-corrected chi connectivity index (χ0v) is 12.0. The van der Waals surface area contributed by atoms with Crippen LogP contribution in [0.3, 0.4) is 0 Å². The van der Waals surface area contributed by atoms with Gasteiger partial charge < -0.3 is 10.3 Å². The molecule has 1 aromatic heterocycles. The highest BCUT2D eigenvalue weighted by Gasteiger charge is 2.24. The normalized spacial score (nSPS) is 12.6. The van der Waals surface area contributed by atoms with E-state index in [1.54, 1.807) is 0 Å². The molecule has 1 aromatic carbocycles. The molecule has 2 aromatic rings. The maximum Gasteiger partial charge on any atom is 0.201 e. The first-order valence-electron chi connectivity index (χ1n) is 6.53. The van der Waals surface area contributed by atoms with Crippen molar-refractivity contribution < 1.29 is 0 Å². The van der Waals surface area contributed by atoms with E-state index in [9.17, 15) is 0 Å². The van der Waals surface area contributed by atoms with Gasteiger partial charge in [0, 0.05) is 6.54 Å². The molecule has 0 unspecified atom stereocenters. The molecule has 0 radical (unpaired) electrons. The van der Waals surface area contributed by atoms with Crippen molar-refractivity contribution in [3.05, 3.63) is 23.8 Å². The van der Waals surface area contributed by atoms with Gasteiger partial charge in [-0.05, 0) is 36.0 Å². The second-order valence-corrected chi connectivity index (χ2v) is 6.19. The number of rotatable bonds is 3. The number of nitrogens with zero attached hydrogens (tertiary/aromatic N) is 2. The zero-order chi connectivity index (χ0) is 13.5. The highest BCUT2D eigenvalue weighted by molar-refractivity contribution is 5.79. The molecule has 0 fully saturated rings. The Balaban J connectivity index is 2.48. The van der Waals surface area contributed by atoms with Gasteiger partial charge >= 0.3 is 0 Å². The van der Waals surface area contributed by atoms with Crippen molar-refractivity contribution in [3.8, 4) is 0 Å². The Bertz CT molecular complexity index is 564. The molecule has 2 rings (SSSR count). The van der Waals surface area contributed by atoms with Crippen LogP contribution >= 0.6 is 0 Å². The van der Waals surface area contributed by atoms with Crippen LogP contribution in [0.2, 0.25) is 0 Å². The van der Waals surface area contributed by atoms with E-state index >= 15 is 0 Å². The fraction of sp³-hybridized carbons (Fsp3) is 0.533. The van der Waals surface area contributed by atoms with Crippen LogP contribution in [0.25, 0.3) is 11.0 Å². The quantitative estimate of drug-likeness (QED) is 0.897. The first kappa shape index (κ1) is 12.9. The number of aryl methyl sites for hydroxylation is 1. The van der Waals surface area contributed by atoms with Crippen LogP contribution in [-0.2, 0) is 6.54 Å². The molecule has 0 amide bonds. The molecule has 3 heteroatoms. The Morgan fingerprint density at radius 3 is 2.61 bits per heavy atom. The third-order valence-corrected chi connectivity index (χ3v) is 4.06. The largest absolute Gasteiger partial charge is 0.369 e. The number of hydrogen-bond acceptors (Lipinski definition) is 2. The molecule has 0 bridgehead atoms. The van der Waals surface area contributed by atoms with Crippen LogP contribution in [0, 0.1) is 18.3 Å². The smallest absolute Gasteiger partial charge is 0.201 e. The summed E-state index contributed by atoms with van der Waals surface area (Å²) >= 11 is 0. The average Bonchev–Trinajstić information content (AvgIpc) is 2.54. The number of anilines is 1. The molecule has 0 saturated heterocycles. The van der Waals surface area contributed by atoms with Crippen molar-refractivity contribution in [1.29, 1.82) is 0 Å².